The number of imide groups is 1. The van der Waals surface area contributed by atoms with Crippen LogP contribution in [-0.4, -0.2) is 62.5 Å². The third kappa shape index (κ3) is 3.88. The molecule has 30 heavy (non-hydrogen) atoms. The molecule has 0 aliphatic carbocycles. The summed E-state index contributed by atoms with van der Waals surface area (Å²) in [7, 11) is 0. The number of carbonyl (C=O) groups excluding carboxylic acids is 4. The van der Waals surface area contributed by atoms with Crippen LogP contribution in [-0.2, 0) is 14.4 Å². The number of thioether (sulfide) groups is 2. The number of benzene rings is 1. The predicted molar refractivity (Wildman–Crippen MR) is 118 cm³/mol. The zero-order valence-corrected chi connectivity index (χ0v) is 18.5. The van der Waals surface area contributed by atoms with E-state index in [1.807, 2.05) is 38.1 Å². The van der Waals surface area contributed by atoms with E-state index in [4.69, 9.17) is 0 Å². The lowest BCUT2D eigenvalue weighted by atomic mass is 10.1. The summed E-state index contributed by atoms with van der Waals surface area (Å²) in [6, 6.07) is 7.20. The smallest absolute Gasteiger partial charge is 0.293 e. The fourth-order valence-corrected chi connectivity index (χ4v) is 6.23. The van der Waals surface area contributed by atoms with Gasteiger partial charge in [-0.25, -0.2) is 0 Å². The van der Waals surface area contributed by atoms with Crippen molar-refractivity contribution in [1.82, 2.24) is 15.1 Å². The molecule has 9 heteroatoms. The van der Waals surface area contributed by atoms with Gasteiger partial charge in [0, 0.05) is 25.3 Å². The number of amides is 4. The third-order valence-electron chi connectivity index (χ3n) is 5.63. The van der Waals surface area contributed by atoms with E-state index in [-0.39, 0.29) is 40.9 Å². The molecule has 3 aliphatic heterocycles. The summed E-state index contributed by atoms with van der Waals surface area (Å²) < 4.78 is 0. The van der Waals surface area contributed by atoms with Crippen molar-refractivity contribution in [3.8, 4) is 0 Å². The maximum atomic E-state index is 12.6. The number of fused-ring (bicyclic) bond motifs is 1. The third-order valence-corrected chi connectivity index (χ3v) is 8.04. The summed E-state index contributed by atoms with van der Waals surface area (Å²) in [6.45, 7) is 4.24. The topological polar surface area (TPSA) is 86.8 Å². The van der Waals surface area contributed by atoms with Gasteiger partial charge in [-0.3, -0.25) is 24.1 Å². The second-order valence-electron chi connectivity index (χ2n) is 7.80. The molecule has 0 aromatic heterocycles. The number of carbonyl (C=O) groups is 4. The predicted octanol–water partition coefficient (Wildman–Crippen LogP) is 2.60. The van der Waals surface area contributed by atoms with Crippen LogP contribution >= 0.6 is 23.5 Å². The van der Waals surface area contributed by atoms with Crippen molar-refractivity contribution in [2.24, 2.45) is 0 Å². The quantitative estimate of drug-likeness (QED) is 0.701. The molecule has 4 rings (SSSR count). The maximum Gasteiger partial charge on any atom is 0.293 e. The minimum Gasteiger partial charge on any atom is -0.352 e. The molecule has 4 amide bonds. The molecule has 1 aromatic rings. The van der Waals surface area contributed by atoms with Crippen molar-refractivity contribution in [3.05, 3.63) is 40.3 Å². The molecule has 3 saturated heterocycles. The van der Waals surface area contributed by atoms with E-state index < -0.39 is 6.04 Å². The Kier molecular flexibility index (Phi) is 5.67. The first-order valence-electron chi connectivity index (χ1n) is 9.84. The molecule has 3 heterocycles. The van der Waals surface area contributed by atoms with E-state index in [0.717, 1.165) is 34.2 Å². The molecule has 7 nitrogen and oxygen atoms in total. The lowest BCUT2D eigenvalue weighted by Gasteiger charge is -2.29. The fourth-order valence-electron chi connectivity index (χ4n) is 3.93. The van der Waals surface area contributed by atoms with Gasteiger partial charge in [-0.2, -0.15) is 0 Å². The highest BCUT2D eigenvalue weighted by Crippen LogP contribution is 2.47. The normalized spacial score (nSPS) is 27.3. The van der Waals surface area contributed by atoms with E-state index in [2.05, 4.69) is 5.32 Å². The Hall–Kier alpha value is -2.26. The van der Waals surface area contributed by atoms with E-state index in [9.17, 15) is 19.2 Å². The summed E-state index contributed by atoms with van der Waals surface area (Å²) in [5.74, 6) is -0.00778. The van der Waals surface area contributed by atoms with Gasteiger partial charge in [-0.15, -0.1) is 11.8 Å². The molecule has 1 N–H and O–H groups in total. The summed E-state index contributed by atoms with van der Waals surface area (Å²) in [6.07, 6.45) is 2.93. The molecular weight excluding hydrogens is 422 g/mol. The SMILES string of the molecule is Cc1ccc(/C=C2\SC(=O)N(CCNC(=O)C3CSC4(C)CCC(=O)N34)C2=O)cc1. The molecule has 3 fully saturated rings. The van der Waals surface area contributed by atoms with Gasteiger partial charge in [0.25, 0.3) is 11.1 Å². The first-order valence-corrected chi connectivity index (χ1v) is 11.6. The molecule has 1 aromatic carbocycles. The second-order valence-corrected chi connectivity index (χ2v) is 10.3. The average Bonchev–Trinajstić information content (AvgIpc) is 3.30. The van der Waals surface area contributed by atoms with Crippen LogP contribution in [0.15, 0.2) is 29.2 Å². The highest BCUT2D eigenvalue weighted by Gasteiger charge is 2.52. The minimum absolute atomic E-state index is 0.00910. The monoisotopic (exact) mass is 445 g/mol. The summed E-state index contributed by atoms with van der Waals surface area (Å²) in [5, 5.41) is 2.45. The molecule has 2 atom stereocenters. The van der Waals surface area contributed by atoms with Gasteiger partial charge >= 0.3 is 0 Å². The van der Waals surface area contributed by atoms with Crippen LogP contribution < -0.4 is 5.32 Å². The van der Waals surface area contributed by atoms with Crippen LogP contribution in [0, 0.1) is 6.92 Å². The maximum absolute atomic E-state index is 12.6. The van der Waals surface area contributed by atoms with E-state index in [1.165, 1.54) is 0 Å². The van der Waals surface area contributed by atoms with Crippen molar-refractivity contribution in [1.29, 1.82) is 0 Å². The number of nitrogens with zero attached hydrogens (tertiary/aromatic N) is 2. The minimum atomic E-state index is -0.494. The van der Waals surface area contributed by atoms with Crippen molar-refractivity contribution in [3.63, 3.8) is 0 Å². The zero-order chi connectivity index (χ0) is 21.5. The summed E-state index contributed by atoms with van der Waals surface area (Å²) >= 11 is 2.54. The van der Waals surface area contributed by atoms with Gasteiger partial charge in [-0.05, 0) is 43.7 Å². The van der Waals surface area contributed by atoms with Crippen molar-refractivity contribution in [2.45, 2.75) is 37.6 Å². The van der Waals surface area contributed by atoms with E-state index in [1.54, 1.807) is 22.7 Å². The Balaban J connectivity index is 1.33. The molecule has 0 radical (unpaired) electrons. The molecule has 0 spiro atoms. The van der Waals surface area contributed by atoms with Crippen LogP contribution in [0.1, 0.15) is 30.9 Å². The highest BCUT2D eigenvalue weighted by molar-refractivity contribution is 8.18. The van der Waals surface area contributed by atoms with Crippen molar-refractivity contribution in [2.75, 3.05) is 18.8 Å². The largest absolute Gasteiger partial charge is 0.352 e. The van der Waals surface area contributed by atoms with Crippen LogP contribution in [0.25, 0.3) is 6.08 Å². The number of nitrogens with one attached hydrogen (secondary N) is 1. The van der Waals surface area contributed by atoms with Crippen LogP contribution in [0.2, 0.25) is 0 Å². The lowest BCUT2D eigenvalue weighted by Crippen LogP contribution is -2.51. The fraction of sp³-hybridized carbons (Fsp3) is 0.429. The van der Waals surface area contributed by atoms with Crippen LogP contribution in [0.4, 0.5) is 4.79 Å². The van der Waals surface area contributed by atoms with Gasteiger partial charge in [0.2, 0.25) is 11.8 Å². The van der Waals surface area contributed by atoms with Gasteiger partial charge in [0.15, 0.2) is 0 Å². The molecular formula is C21H23N3O4S2. The second kappa shape index (κ2) is 8.11. The number of aryl methyl sites for hydroxylation is 1. The average molecular weight is 446 g/mol. The highest BCUT2D eigenvalue weighted by atomic mass is 32.2. The first kappa shape index (κ1) is 21.0. The zero-order valence-electron chi connectivity index (χ0n) is 16.8. The number of hydrogen-bond acceptors (Lipinski definition) is 6. The van der Waals surface area contributed by atoms with E-state index >= 15 is 0 Å². The van der Waals surface area contributed by atoms with Gasteiger partial charge in [0.1, 0.15) is 6.04 Å². The lowest BCUT2D eigenvalue weighted by molar-refractivity contribution is -0.137. The van der Waals surface area contributed by atoms with Crippen LogP contribution in [0.5, 0.6) is 0 Å². The van der Waals surface area contributed by atoms with Crippen molar-refractivity contribution < 1.29 is 19.2 Å². The molecule has 3 aliphatic rings. The molecule has 2 unspecified atom stereocenters. The Morgan fingerprint density at radius 1 is 1.27 bits per heavy atom. The Labute approximate surface area is 183 Å². The Morgan fingerprint density at radius 2 is 2.00 bits per heavy atom. The first-order chi connectivity index (χ1) is 14.3. The van der Waals surface area contributed by atoms with Gasteiger partial charge in [0.05, 0.1) is 9.78 Å². The van der Waals surface area contributed by atoms with E-state index in [0.29, 0.717) is 17.1 Å². The Bertz CT molecular complexity index is 946. The summed E-state index contributed by atoms with van der Waals surface area (Å²) in [5.41, 5.74) is 1.98. The number of rotatable bonds is 5. The van der Waals surface area contributed by atoms with Crippen molar-refractivity contribution >= 4 is 52.6 Å². The van der Waals surface area contributed by atoms with Gasteiger partial charge < -0.3 is 10.2 Å². The van der Waals surface area contributed by atoms with Gasteiger partial charge in [-0.1, -0.05) is 29.8 Å². The molecule has 0 bridgehead atoms. The standard InChI is InChI=1S/C21H23N3O4S2/c1-13-3-5-14(6-4-13)11-16-19(27)23(20(28)30-16)10-9-22-18(26)15-12-29-21(2)8-7-17(25)24(15)21/h3-6,11,15H,7-10,12H2,1-2H3,(H,22,26)/b16-11-. The molecule has 0 saturated carbocycles. The number of hydrogen-bond donors (Lipinski definition) is 1. The summed E-state index contributed by atoms with van der Waals surface area (Å²) in [4.78, 5) is 52.6. The molecule has 158 valence electrons. The Morgan fingerprint density at radius 3 is 2.73 bits per heavy atom. The van der Waals surface area contributed by atoms with Crippen LogP contribution in [0.3, 0.4) is 0 Å².